The summed E-state index contributed by atoms with van der Waals surface area (Å²) >= 11 is 0. The van der Waals surface area contributed by atoms with Crippen LogP contribution >= 0.6 is 0 Å². The number of esters is 1. The molecule has 1 aromatic heterocycles. The summed E-state index contributed by atoms with van der Waals surface area (Å²) in [6.45, 7) is 1.95. The molecule has 0 saturated carbocycles. The predicted octanol–water partition coefficient (Wildman–Crippen LogP) is 1.95. The van der Waals surface area contributed by atoms with Crippen LogP contribution in [0.1, 0.15) is 19.0 Å². The Morgan fingerprint density at radius 1 is 1.24 bits per heavy atom. The zero-order valence-corrected chi connectivity index (χ0v) is 19.4. The van der Waals surface area contributed by atoms with E-state index in [1.165, 1.54) is 6.92 Å². The number of ether oxygens (including phenoxy) is 3. The average molecular weight is 468 g/mol. The molecular formula is C24H29N5O5. The average Bonchev–Trinajstić information content (AvgIpc) is 3.34. The fraction of sp³-hybridized carbons (Fsp3) is 0.333. The first-order valence-electron chi connectivity index (χ1n) is 10.9. The lowest BCUT2D eigenvalue weighted by atomic mass is 10.0. The van der Waals surface area contributed by atoms with Gasteiger partial charge in [-0.05, 0) is 12.5 Å². The van der Waals surface area contributed by atoms with E-state index >= 15 is 0 Å². The standard InChI is InChI=1S/C24H29N5O5/c1-16(31)34-14-17-13-28(15-26-17)24-12-25-22-5-4-18(10-23(22)27-24)29(6-7-30)19-8-20(32-2)11-21(9-19)33-3/h5,8-13,15,18,25,27,30H,4,6-7,14H2,1-3H3. The second-order valence-corrected chi connectivity index (χ2v) is 7.84. The van der Waals surface area contributed by atoms with Gasteiger partial charge in [0.2, 0.25) is 0 Å². The number of benzene rings is 1. The van der Waals surface area contributed by atoms with Gasteiger partial charge in [0.15, 0.2) is 0 Å². The van der Waals surface area contributed by atoms with E-state index < -0.39 is 0 Å². The van der Waals surface area contributed by atoms with Gasteiger partial charge < -0.3 is 34.9 Å². The Hall–Kier alpha value is -3.92. The zero-order chi connectivity index (χ0) is 24.1. The fourth-order valence-electron chi connectivity index (χ4n) is 3.92. The quantitative estimate of drug-likeness (QED) is 0.477. The largest absolute Gasteiger partial charge is 0.497 e. The van der Waals surface area contributed by atoms with Crippen LogP contribution in [0.4, 0.5) is 5.69 Å². The third-order valence-corrected chi connectivity index (χ3v) is 5.59. The lowest BCUT2D eigenvalue weighted by molar-refractivity contribution is -0.142. The van der Waals surface area contributed by atoms with Crippen LogP contribution in [-0.2, 0) is 16.1 Å². The topological polar surface area (TPSA) is 110 Å². The molecule has 2 aliphatic rings. The molecule has 1 aliphatic heterocycles. The molecule has 0 bridgehead atoms. The highest BCUT2D eigenvalue weighted by Crippen LogP contribution is 2.32. The molecule has 180 valence electrons. The molecule has 10 heteroatoms. The van der Waals surface area contributed by atoms with Gasteiger partial charge >= 0.3 is 5.97 Å². The maximum absolute atomic E-state index is 11.1. The van der Waals surface area contributed by atoms with E-state index in [-0.39, 0.29) is 25.2 Å². The smallest absolute Gasteiger partial charge is 0.303 e. The van der Waals surface area contributed by atoms with Gasteiger partial charge in [0.1, 0.15) is 30.3 Å². The molecule has 1 aromatic carbocycles. The van der Waals surface area contributed by atoms with Crippen molar-refractivity contribution in [3.8, 4) is 11.5 Å². The third-order valence-electron chi connectivity index (χ3n) is 5.59. The number of imidazole rings is 1. The number of carbonyl (C=O) groups excluding carboxylic acids is 1. The fourth-order valence-corrected chi connectivity index (χ4v) is 3.92. The lowest BCUT2D eigenvalue weighted by Gasteiger charge is -2.35. The van der Waals surface area contributed by atoms with Crippen molar-refractivity contribution in [1.29, 1.82) is 0 Å². The van der Waals surface area contributed by atoms with E-state index in [1.54, 1.807) is 26.7 Å². The summed E-state index contributed by atoms with van der Waals surface area (Å²) in [4.78, 5) is 17.5. The summed E-state index contributed by atoms with van der Waals surface area (Å²) in [6, 6.07) is 5.69. The number of hydrogen-bond acceptors (Lipinski definition) is 9. The highest BCUT2D eigenvalue weighted by molar-refractivity contribution is 5.66. The highest BCUT2D eigenvalue weighted by Gasteiger charge is 2.25. The van der Waals surface area contributed by atoms with Gasteiger partial charge in [-0.1, -0.05) is 6.08 Å². The number of aliphatic hydroxyl groups excluding tert-OH is 1. The second-order valence-electron chi connectivity index (χ2n) is 7.84. The van der Waals surface area contributed by atoms with Crippen molar-refractivity contribution in [2.24, 2.45) is 0 Å². The predicted molar refractivity (Wildman–Crippen MR) is 127 cm³/mol. The number of nitrogens with zero attached hydrogens (tertiary/aromatic N) is 3. The van der Waals surface area contributed by atoms with Crippen LogP contribution < -0.4 is 25.0 Å². The number of nitrogens with one attached hydrogen (secondary N) is 2. The molecule has 2 aromatic rings. The van der Waals surface area contributed by atoms with Crippen LogP contribution in [0.25, 0.3) is 5.82 Å². The maximum atomic E-state index is 11.1. The molecule has 1 unspecified atom stereocenters. The molecule has 0 amide bonds. The monoisotopic (exact) mass is 467 g/mol. The molecule has 3 N–H and O–H groups in total. The molecule has 1 atom stereocenters. The molecule has 34 heavy (non-hydrogen) atoms. The van der Waals surface area contributed by atoms with Gasteiger partial charge in [-0.2, -0.15) is 0 Å². The number of carbonyl (C=O) groups is 1. The Morgan fingerprint density at radius 2 is 2.00 bits per heavy atom. The van der Waals surface area contributed by atoms with Gasteiger partial charge in [0, 0.05) is 49.8 Å². The van der Waals surface area contributed by atoms with E-state index in [2.05, 4.69) is 32.7 Å². The van der Waals surface area contributed by atoms with Crippen LogP contribution in [0.15, 0.2) is 60.5 Å². The first-order valence-corrected chi connectivity index (χ1v) is 10.9. The number of rotatable bonds is 9. The molecule has 0 fully saturated rings. The van der Waals surface area contributed by atoms with Crippen LogP contribution in [0.5, 0.6) is 11.5 Å². The summed E-state index contributed by atoms with van der Waals surface area (Å²) in [5.41, 5.74) is 3.44. The van der Waals surface area contributed by atoms with Crippen molar-refractivity contribution in [1.82, 2.24) is 20.2 Å². The van der Waals surface area contributed by atoms with Gasteiger partial charge in [-0.25, -0.2) is 4.98 Å². The Labute approximate surface area is 198 Å². The number of aromatic nitrogens is 2. The highest BCUT2D eigenvalue weighted by atomic mass is 16.5. The van der Waals surface area contributed by atoms with Crippen molar-refractivity contribution in [2.75, 3.05) is 32.3 Å². The Balaban J connectivity index is 1.55. The molecule has 2 heterocycles. The van der Waals surface area contributed by atoms with Crippen LogP contribution in [0, 0.1) is 0 Å². The minimum atomic E-state index is -0.347. The minimum Gasteiger partial charge on any atom is -0.497 e. The molecule has 4 rings (SSSR count). The Bertz CT molecular complexity index is 1110. The van der Waals surface area contributed by atoms with Crippen LogP contribution in [0.3, 0.4) is 0 Å². The normalized spacial score (nSPS) is 16.7. The van der Waals surface area contributed by atoms with Crippen molar-refractivity contribution in [2.45, 2.75) is 26.0 Å². The van der Waals surface area contributed by atoms with E-state index in [9.17, 15) is 9.90 Å². The molecule has 0 saturated heterocycles. The number of fused-ring (bicyclic) bond motifs is 1. The van der Waals surface area contributed by atoms with E-state index in [1.807, 2.05) is 29.0 Å². The number of methoxy groups -OCH3 is 2. The van der Waals surface area contributed by atoms with E-state index in [0.29, 0.717) is 23.7 Å². The molecule has 0 spiro atoms. The summed E-state index contributed by atoms with van der Waals surface area (Å²) in [5.74, 6) is 1.80. The summed E-state index contributed by atoms with van der Waals surface area (Å²) in [6.07, 6.45) is 10.3. The summed E-state index contributed by atoms with van der Waals surface area (Å²) < 4.78 is 17.7. The first-order chi connectivity index (χ1) is 16.5. The van der Waals surface area contributed by atoms with Crippen LogP contribution in [-0.4, -0.2) is 54.0 Å². The number of anilines is 1. The summed E-state index contributed by atoms with van der Waals surface area (Å²) in [5, 5.41) is 16.5. The van der Waals surface area contributed by atoms with E-state index in [4.69, 9.17) is 14.2 Å². The Kier molecular flexibility index (Phi) is 7.07. The lowest BCUT2D eigenvalue weighted by Crippen LogP contribution is -2.40. The van der Waals surface area contributed by atoms with Crippen molar-refractivity contribution < 1.29 is 24.1 Å². The molecule has 0 radical (unpaired) electrons. The second kappa shape index (κ2) is 10.3. The van der Waals surface area contributed by atoms with Crippen molar-refractivity contribution >= 4 is 17.5 Å². The third kappa shape index (κ3) is 5.18. The number of hydrogen-bond donors (Lipinski definition) is 3. The van der Waals surface area contributed by atoms with Gasteiger partial charge in [-0.3, -0.25) is 9.36 Å². The van der Waals surface area contributed by atoms with Gasteiger partial charge in [-0.15, -0.1) is 0 Å². The molecule has 10 nitrogen and oxygen atoms in total. The zero-order valence-electron chi connectivity index (χ0n) is 19.4. The van der Waals surface area contributed by atoms with Gasteiger partial charge in [0.05, 0.1) is 44.0 Å². The van der Waals surface area contributed by atoms with E-state index in [0.717, 1.165) is 29.3 Å². The van der Waals surface area contributed by atoms with Gasteiger partial charge in [0.25, 0.3) is 0 Å². The number of aliphatic hydroxyl groups is 1. The molecular weight excluding hydrogens is 438 g/mol. The maximum Gasteiger partial charge on any atom is 0.303 e. The van der Waals surface area contributed by atoms with Crippen LogP contribution in [0.2, 0.25) is 0 Å². The van der Waals surface area contributed by atoms with Crippen molar-refractivity contribution in [3.05, 3.63) is 66.2 Å². The SMILES string of the molecule is COc1cc(OC)cc(N(CCO)C2C=C3NC(n4cnc(COC(C)=O)c4)=CNC3=CC2)c1. The Morgan fingerprint density at radius 3 is 2.68 bits per heavy atom. The minimum absolute atomic E-state index is 0.00122. The first kappa shape index (κ1) is 23.2. The summed E-state index contributed by atoms with van der Waals surface area (Å²) in [7, 11) is 3.23. The molecule has 1 aliphatic carbocycles. The van der Waals surface area contributed by atoms with Crippen molar-refractivity contribution in [3.63, 3.8) is 0 Å².